The summed E-state index contributed by atoms with van der Waals surface area (Å²) in [6.45, 7) is 11.6. The SMILES string of the molecule is CC(C)CC1CCC(C(=O)c2ccc(Br)cc2)C(C)(C)CCC1C. The lowest BCUT2D eigenvalue weighted by atomic mass is 9.64. The number of benzene rings is 1. The van der Waals surface area contributed by atoms with Crippen molar-refractivity contribution in [1.29, 1.82) is 0 Å². The van der Waals surface area contributed by atoms with Crippen LogP contribution in [0.3, 0.4) is 0 Å². The molecule has 1 aliphatic carbocycles. The molecule has 0 bridgehead atoms. The van der Waals surface area contributed by atoms with E-state index < -0.39 is 0 Å². The lowest BCUT2D eigenvalue weighted by Crippen LogP contribution is -2.35. The van der Waals surface area contributed by atoms with E-state index >= 15 is 0 Å². The van der Waals surface area contributed by atoms with Crippen molar-refractivity contribution in [3.63, 3.8) is 0 Å². The van der Waals surface area contributed by atoms with Crippen LogP contribution in [-0.2, 0) is 0 Å². The first-order chi connectivity index (χ1) is 11.2. The number of carbonyl (C=O) groups is 1. The molecular formula is C22H33BrO. The van der Waals surface area contributed by atoms with E-state index in [9.17, 15) is 4.79 Å². The van der Waals surface area contributed by atoms with Gasteiger partial charge in [0, 0.05) is 16.0 Å². The van der Waals surface area contributed by atoms with Crippen molar-refractivity contribution in [2.45, 2.75) is 66.7 Å². The molecule has 0 N–H and O–H groups in total. The quantitative estimate of drug-likeness (QED) is 0.497. The van der Waals surface area contributed by atoms with Crippen LogP contribution in [0.4, 0.5) is 0 Å². The van der Waals surface area contributed by atoms with Crippen molar-refractivity contribution in [3.8, 4) is 0 Å². The van der Waals surface area contributed by atoms with Crippen LogP contribution in [0.1, 0.15) is 77.1 Å². The largest absolute Gasteiger partial charge is 0.294 e. The van der Waals surface area contributed by atoms with Gasteiger partial charge in [-0.05, 0) is 67.4 Å². The number of Topliss-reactive ketones (excluding diaryl/α,β-unsaturated/α-hetero) is 1. The van der Waals surface area contributed by atoms with Crippen LogP contribution in [0.2, 0.25) is 0 Å². The van der Waals surface area contributed by atoms with Gasteiger partial charge in [-0.25, -0.2) is 0 Å². The number of halogens is 1. The van der Waals surface area contributed by atoms with Crippen molar-refractivity contribution >= 4 is 21.7 Å². The van der Waals surface area contributed by atoms with Crippen LogP contribution in [0.15, 0.2) is 28.7 Å². The molecule has 1 aliphatic rings. The molecule has 1 fully saturated rings. The molecule has 0 spiro atoms. The van der Waals surface area contributed by atoms with Crippen molar-refractivity contribution in [1.82, 2.24) is 0 Å². The molecule has 0 aliphatic heterocycles. The van der Waals surface area contributed by atoms with Gasteiger partial charge in [-0.2, -0.15) is 0 Å². The molecule has 0 saturated heterocycles. The maximum Gasteiger partial charge on any atom is 0.166 e. The van der Waals surface area contributed by atoms with Gasteiger partial charge in [-0.15, -0.1) is 0 Å². The van der Waals surface area contributed by atoms with Crippen LogP contribution in [0.5, 0.6) is 0 Å². The first-order valence-corrected chi connectivity index (χ1v) is 10.3. The summed E-state index contributed by atoms with van der Waals surface area (Å²) in [5.74, 6) is 2.76. The van der Waals surface area contributed by atoms with Gasteiger partial charge in [-0.3, -0.25) is 4.79 Å². The predicted molar refractivity (Wildman–Crippen MR) is 106 cm³/mol. The van der Waals surface area contributed by atoms with Gasteiger partial charge in [-0.1, -0.05) is 62.7 Å². The van der Waals surface area contributed by atoms with Gasteiger partial charge in [0.05, 0.1) is 0 Å². The minimum atomic E-state index is 0.0845. The van der Waals surface area contributed by atoms with E-state index in [2.05, 4.69) is 50.5 Å². The third kappa shape index (κ3) is 4.94. The molecule has 0 radical (unpaired) electrons. The Morgan fingerprint density at radius 3 is 2.38 bits per heavy atom. The first kappa shape index (κ1) is 19.7. The summed E-state index contributed by atoms with van der Waals surface area (Å²) in [6, 6.07) is 7.89. The molecule has 134 valence electrons. The average Bonchev–Trinajstić information content (AvgIpc) is 2.50. The highest BCUT2D eigenvalue weighted by Gasteiger charge is 2.38. The van der Waals surface area contributed by atoms with E-state index in [-0.39, 0.29) is 11.3 Å². The van der Waals surface area contributed by atoms with Crippen molar-refractivity contribution in [2.24, 2.45) is 29.1 Å². The van der Waals surface area contributed by atoms with E-state index in [1.165, 1.54) is 19.3 Å². The second-order valence-corrected chi connectivity index (χ2v) is 9.81. The van der Waals surface area contributed by atoms with Crippen LogP contribution in [0.25, 0.3) is 0 Å². The molecule has 1 saturated carbocycles. The van der Waals surface area contributed by atoms with Crippen LogP contribution < -0.4 is 0 Å². The summed E-state index contributed by atoms with van der Waals surface area (Å²) in [5, 5.41) is 0. The third-order valence-electron chi connectivity index (χ3n) is 6.04. The fraction of sp³-hybridized carbons (Fsp3) is 0.682. The Morgan fingerprint density at radius 2 is 1.79 bits per heavy atom. The van der Waals surface area contributed by atoms with Gasteiger partial charge < -0.3 is 0 Å². The van der Waals surface area contributed by atoms with Crippen molar-refractivity contribution in [3.05, 3.63) is 34.3 Å². The fourth-order valence-electron chi connectivity index (χ4n) is 4.32. The summed E-state index contributed by atoms with van der Waals surface area (Å²) in [7, 11) is 0. The number of rotatable bonds is 4. The molecule has 24 heavy (non-hydrogen) atoms. The monoisotopic (exact) mass is 392 g/mol. The highest BCUT2D eigenvalue weighted by Crippen LogP contribution is 2.44. The summed E-state index contributed by atoms with van der Waals surface area (Å²) >= 11 is 3.46. The molecule has 1 aromatic carbocycles. The van der Waals surface area contributed by atoms with Crippen LogP contribution in [-0.4, -0.2) is 5.78 Å². The normalized spacial score (nSPS) is 27.5. The highest BCUT2D eigenvalue weighted by atomic mass is 79.9. The maximum absolute atomic E-state index is 13.2. The number of hydrogen-bond acceptors (Lipinski definition) is 1. The lowest BCUT2D eigenvalue weighted by molar-refractivity contribution is 0.0665. The highest BCUT2D eigenvalue weighted by molar-refractivity contribution is 9.10. The summed E-state index contributed by atoms with van der Waals surface area (Å²) in [5.41, 5.74) is 0.951. The molecule has 0 amide bonds. The van der Waals surface area contributed by atoms with Crippen LogP contribution >= 0.6 is 15.9 Å². The fourth-order valence-corrected chi connectivity index (χ4v) is 4.59. The van der Waals surface area contributed by atoms with Crippen molar-refractivity contribution in [2.75, 3.05) is 0 Å². The molecule has 3 unspecified atom stereocenters. The summed E-state index contributed by atoms with van der Waals surface area (Å²) < 4.78 is 1.03. The Kier molecular flexibility index (Phi) is 6.70. The standard InChI is InChI=1S/C22H33BrO/c1-15(2)14-18-8-11-20(22(4,5)13-12-16(18)3)21(24)17-6-9-19(23)10-7-17/h6-7,9-10,15-16,18,20H,8,11-14H2,1-5H3. The summed E-state index contributed by atoms with van der Waals surface area (Å²) in [4.78, 5) is 13.2. The van der Waals surface area contributed by atoms with E-state index in [0.29, 0.717) is 5.78 Å². The second-order valence-electron chi connectivity index (χ2n) is 8.90. The Morgan fingerprint density at radius 1 is 1.17 bits per heavy atom. The zero-order valence-electron chi connectivity index (χ0n) is 15.9. The predicted octanol–water partition coefficient (Wildman–Crippen LogP) is 7.15. The maximum atomic E-state index is 13.2. The molecule has 0 heterocycles. The average molecular weight is 393 g/mol. The summed E-state index contributed by atoms with van der Waals surface area (Å²) in [6.07, 6.45) is 5.91. The Bertz CT molecular complexity index is 544. The molecule has 0 aromatic heterocycles. The van der Waals surface area contributed by atoms with E-state index in [0.717, 1.165) is 40.6 Å². The van der Waals surface area contributed by atoms with Crippen molar-refractivity contribution < 1.29 is 4.79 Å². The third-order valence-corrected chi connectivity index (χ3v) is 6.57. The Labute approximate surface area is 156 Å². The van der Waals surface area contributed by atoms with Gasteiger partial charge in [0.25, 0.3) is 0 Å². The van der Waals surface area contributed by atoms with Gasteiger partial charge >= 0.3 is 0 Å². The van der Waals surface area contributed by atoms with E-state index in [1.807, 2.05) is 24.3 Å². The second kappa shape index (κ2) is 8.17. The minimum Gasteiger partial charge on any atom is -0.294 e. The first-order valence-electron chi connectivity index (χ1n) is 9.50. The van der Waals surface area contributed by atoms with Gasteiger partial charge in [0.1, 0.15) is 0 Å². The number of carbonyl (C=O) groups excluding carboxylic acids is 1. The topological polar surface area (TPSA) is 17.1 Å². The zero-order valence-corrected chi connectivity index (χ0v) is 17.5. The van der Waals surface area contributed by atoms with Crippen LogP contribution in [0, 0.1) is 29.1 Å². The lowest BCUT2D eigenvalue weighted by Gasteiger charge is -2.40. The molecule has 1 nitrogen and oxygen atoms in total. The molecule has 2 heteroatoms. The van der Waals surface area contributed by atoms with Gasteiger partial charge in [0.15, 0.2) is 5.78 Å². The number of hydrogen-bond donors (Lipinski definition) is 0. The zero-order chi connectivity index (χ0) is 17.9. The molecule has 3 atom stereocenters. The molecule has 2 rings (SSSR count). The molecular weight excluding hydrogens is 360 g/mol. The molecule has 1 aromatic rings. The Hall–Kier alpha value is -0.630. The smallest absolute Gasteiger partial charge is 0.166 e. The minimum absolute atomic E-state index is 0.0845. The van der Waals surface area contributed by atoms with Gasteiger partial charge in [0.2, 0.25) is 0 Å². The van der Waals surface area contributed by atoms with E-state index in [4.69, 9.17) is 0 Å². The number of ketones is 1. The Balaban J connectivity index is 2.19. The van der Waals surface area contributed by atoms with E-state index in [1.54, 1.807) is 0 Å².